The third kappa shape index (κ3) is 2.36. The zero-order chi connectivity index (χ0) is 14.8. The number of hydrogen-bond acceptors (Lipinski definition) is 2. The fourth-order valence-electron chi connectivity index (χ4n) is 3.24. The SMILES string of the molecule is CCC(C)c1ccccc1OC1CC(=O)C1(CC)CC. The molecule has 0 aliphatic heterocycles. The summed E-state index contributed by atoms with van der Waals surface area (Å²) in [4.78, 5) is 12.0. The highest BCUT2D eigenvalue weighted by Gasteiger charge is 2.54. The molecular weight excluding hydrogens is 248 g/mol. The molecule has 2 nitrogen and oxygen atoms in total. The molecule has 0 N–H and O–H groups in total. The van der Waals surface area contributed by atoms with Gasteiger partial charge in [0.1, 0.15) is 17.6 Å². The maximum atomic E-state index is 12.0. The molecule has 1 saturated carbocycles. The van der Waals surface area contributed by atoms with Crippen molar-refractivity contribution in [3.63, 3.8) is 0 Å². The average molecular weight is 274 g/mol. The molecule has 0 spiro atoms. The predicted octanol–water partition coefficient (Wildman–Crippen LogP) is 4.73. The van der Waals surface area contributed by atoms with Crippen molar-refractivity contribution in [3.05, 3.63) is 29.8 Å². The Hall–Kier alpha value is -1.31. The molecule has 0 heterocycles. The summed E-state index contributed by atoms with van der Waals surface area (Å²) in [6.45, 7) is 8.60. The van der Waals surface area contributed by atoms with Crippen LogP contribution in [-0.4, -0.2) is 11.9 Å². The molecule has 0 bridgehead atoms. The van der Waals surface area contributed by atoms with Crippen LogP contribution in [0.2, 0.25) is 0 Å². The largest absolute Gasteiger partial charge is 0.489 e. The number of hydrogen-bond donors (Lipinski definition) is 0. The van der Waals surface area contributed by atoms with Gasteiger partial charge in [-0.15, -0.1) is 0 Å². The van der Waals surface area contributed by atoms with Crippen LogP contribution in [0.3, 0.4) is 0 Å². The van der Waals surface area contributed by atoms with E-state index in [1.807, 2.05) is 12.1 Å². The van der Waals surface area contributed by atoms with Crippen LogP contribution in [0.15, 0.2) is 24.3 Å². The molecule has 1 aromatic rings. The van der Waals surface area contributed by atoms with Gasteiger partial charge in [-0.25, -0.2) is 0 Å². The van der Waals surface area contributed by atoms with Crippen molar-refractivity contribution in [1.82, 2.24) is 0 Å². The summed E-state index contributed by atoms with van der Waals surface area (Å²) >= 11 is 0. The van der Waals surface area contributed by atoms with Crippen molar-refractivity contribution in [1.29, 1.82) is 0 Å². The summed E-state index contributed by atoms with van der Waals surface area (Å²) in [5.74, 6) is 1.82. The molecule has 0 aromatic heterocycles. The van der Waals surface area contributed by atoms with Gasteiger partial charge >= 0.3 is 0 Å². The lowest BCUT2D eigenvalue weighted by molar-refractivity contribution is -0.153. The monoisotopic (exact) mass is 274 g/mol. The summed E-state index contributed by atoms with van der Waals surface area (Å²) < 4.78 is 6.25. The molecule has 1 aliphatic carbocycles. The molecule has 1 fully saturated rings. The maximum Gasteiger partial charge on any atom is 0.146 e. The highest BCUT2D eigenvalue weighted by atomic mass is 16.5. The van der Waals surface area contributed by atoms with Gasteiger partial charge < -0.3 is 4.74 Å². The first-order valence-electron chi connectivity index (χ1n) is 7.87. The Morgan fingerprint density at radius 2 is 1.90 bits per heavy atom. The van der Waals surface area contributed by atoms with Crippen LogP contribution in [0.5, 0.6) is 5.75 Å². The summed E-state index contributed by atoms with van der Waals surface area (Å²) in [6.07, 6.45) is 3.46. The Labute approximate surface area is 122 Å². The Balaban J connectivity index is 2.21. The van der Waals surface area contributed by atoms with E-state index in [4.69, 9.17) is 4.74 Å². The van der Waals surface area contributed by atoms with E-state index in [0.717, 1.165) is 25.0 Å². The first kappa shape index (κ1) is 15.1. The van der Waals surface area contributed by atoms with Crippen molar-refractivity contribution in [2.75, 3.05) is 0 Å². The van der Waals surface area contributed by atoms with Crippen LogP contribution >= 0.6 is 0 Å². The van der Waals surface area contributed by atoms with E-state index in [2.05, 4.69) is 39.8 Å². The third-order valence-corrected chi connectivity index (χ3v) is 5.14. The molecule has 0 amide bonds. The van der Waals surface area contributed by atoms with Crippen LogP contribution in [-0.2, 0) is 4.79 Å². The minimum Gasteiger partial charge on any atom is -0.489 e. The van der Waals surface area contributed by atoms with Crippen LogP contribution in [0, 0.1) is 5.41 Å². The Morgan fingerprint density at radius 3 is 2.45 bits per heavy atom. The molecule has 1 aliphatic rings. The standard InChI is InChI=1S/C18H26O2/c1-5-13(4)14-10-8-9-11-15(14)20-17-12-16(19)18(17,6-2)7-3/h8-11,13,17H,5-7,12H2,1-4H3. The van der Waals surface area contributed by atoms with Gasteiger partial charge in [0, 0.05) is 6.42 Å². The Morgan fingerprint density at radius 1 is 1.25 bits per heavy atom. The topological polar surface area (TPSA) is 26.3 Å². The van der Waals surface area contributed by atoms with Gasteiger partial charge in [0.25, 0.3) is 0 Å². The molecule has 1 aromatic carbocycles. The summed E-state index contributed by atoms with van der Waals surface area (Å²) in [6, 6.07) is 8.26. The fourth-order valence-corrected chi connectivity index (χ4v) is 3.24. The number of benzene rings is 1. The second kappa shape index (κ2) is 5.99. The van der Waals surface area contributed by atoms with Gasteiger partial charge in [0.2, 0.25) is 0 Å². The quantitative estimate of drug-likeness (QED) is 0.749. The molecule has 110 valence electrons. The van der Waals surface area contributed by atoms with Crippen molar-refractivity contribution in [2.24, 2.45) is 5.41 Å². The first-order valence-corrected chi connectivity index (χ1v) is 7.87. The van der Waals surface area contributed by atoms with Crippen molar-refractivity contribution in [3.8, 4) is 5.75 Å². The lowest BCUT2D eigenvalue weighted by Gasteiger charge is -2.46. The number of ketones is 1. The molecule has 0 saturated heterocycles. The van der Waals surface area contributed by atoms with E-state index < -0.39 is 0 Å². The molecule has 20 heavy (non-hydrogen) atoms. The fraction of sp³-hybridized carbons (Fsp3) is 0.611. The number of carbonyl (C=O) groups excluding carboxylic acids is 1. The predicted molar refractivity (Wildman–Crippen MR) is 82.2 cm³/mol. The molecule has 2 heteroatoms. The molecule has 0 radical (unpaired) electrons. The first-order chi connectivity index (χ1) is 9.58. The molecule has 2 atom stereocenters. The maximum absolute atomic E-state index is 12.0. The van der Waals surface area contributed by atoms with Crippen molar-refractivity contribution < 1.29 is 9.53 Å². The molecule has 2 unspecified atom stereocenters. The average Bonchev–Trinajstić information content (AvgIpc) is 2.48. The van der Waals surface area contributed by atoms with E-state index >= 15 is 0 Å². The van der Waals surface area contributed by atoms with Gasteiger partial charge in [0.05, 0.1) is 5.41 Å². The minimum atomic E-state index is -0.247. The van der Waals surface area contributed by atoms with E-state index in [-0.39, 0.29) is 11.5 Å². The van der Waals surface area contributed by atoms with E-state index in [9.17, 15) is 4.79 Å². The number of ether oxygens (including phenoxy) is 1. The lowest BCUT2D eigenvalue weighted by atomic mass is 9.61. The summed E-state index contributed by atoms with van der Waals surface area (Å²) in [7, 11) is 0. The van der Waals surface area contributed by atoms with Gasteiger partial charge in [-0.1, -0.05) is 45.9 Å². The summed E-state index contributed by atoms with van der Waals surface area (Å²) in [5.41, 5.74) is 1.01. The van der Waals surface area contributed by atoms with Crippen molar-refractivity contribution in [2.45, 2.75) is 65.4 Å². The summed E-state index contributed by atoms with van der Waals surface area (Å²) in [5, 5.41) is 0. The number of para-hydroxylation sites is 1. The Bertz CT molecular complexity index is 474. The minimum absolute atomic E-state index is 0.0511. The van der Waals surface area contributed by atoms with Crippen molar-refractivity contribution >= 4 is 5.78 Å². The highest BCUT2D eigenvalue weighted by molar-refractivity contribution is 5.92. The van der Waals surface area contributed by atoms with Gasteiger partial charge in [-0.2, -0.15) is 0 Å². The second-order valence-electron chi connectivity index (χ2n) is 5.94. The van der Waals surface area contributed by atoms with Crippen LogP contribution in [0.1, 0.15) is 64.9 Å². The van der Waals surface area contributed by atoms with E-state index in [1.54, 1.807) is 0 Å². The van der Waals surface area contributed by atoms with Gasteiger partial charge in [-0.3, -0.25) is 4.79 Å². The lowest BCUT2D eigenvalue weighted by Crippen LogP contribution is -2.56. The Kier molecular flexibility index (Phi) is 4.52. The van der Waals surface area contributed by atoms with Crippen LogP contribution in [0.4, 0.5) is 0 Å². The molecule has 2 rings (SSSR count). The second-order valence-corrected chi connectivity index (χ2v) is 5.94. The molecular formula is C18H26O2. The zero-order valence-corrected chi connectivity index (χ0v) is 13.1. The zero-order valence-electron chi connectivity index (χ0n) is 13.1. The third-order valence-electron chi connectivity index (χ3n) is 5.14. The van der Waals surface area contributed by atoms with Gasteiger partial charge in [-0.05, 0) is 36.8 Å². The number of Topliss-reactive ketones (excluding diaryl/α,β-unsaturated/α-hetero) is 1. The highest BCUT2D eigenvalue weighted by Crippen LogP contribution is 2.46. The van der Waals surface area contributed by atoms with Crippen LogP contribution < -0.4 is 4.74 Å². The van der Waals surface area contributed by atoms with Crippen LogP contribution in [0.25, 0.3) is 0 Å². The van der Waals surface area contributed by atoms with E-state index in [0.29, 0.717) is 18.1 Å². The van der Waals surface area contributed by atoms with E-state index in [1.165, 1.54) is 5.56 Å². The number of rotatable bonds is 6. The smallest absolute Gasteiger partial charge is 0.146 e. The number of carbonyl (C=O) groups is 1. The van der Waals surface area contributed by atoms with Gasteiger partial charge in [0.15, 0.2) is 0 Å². The normalized spacial score (nSPS) is 22.2.